The normalized spacial score (nSPS) is 12.4. The van der Waals surface area contributed by atoms with Crippen LogP contribution in [0.3, 0.4) is 0 Å². The van der Waals surface area contributed by atoms with E-state index in [9.17, 15) is 8.78 Å². The standard InChI is InChI=1S/C17H19F2N/c1-12(2)15(13-6-4-3-5-7-13)11-20-17-10-14(18)8-9-16(17)19/h3-10,12,15,20H,11H2,1-2H3. The van der Waals surface area contributed by atoms with Crippen molar-refractivity contribution in [2.75, 3.05) is 11.9 Å². The molecule has 0 heterocycles. The molecule has 0 saturated heterocycles. The fourth-order valence-corrected chi connectivity index (χ4v) is 2.29. The van der Waals surface area contributed by atoms with Crippen LogP contribution in [0.15, 0.2) is 48.5 Å². The molecule has 0 radical (unpaired) electrons. The molecule has 1 unspecified atom stereocenters. The summed E-state index contributed by atoms with van der Waals surface area (Å²) >= 11 is 0. The van der Waals surface area contributed by atoms with E-state index in [-0.39, 0.29) is 11.6 Å². The summed E-state index contributed by atoms with van der Waals surface area (Å²) in [4.78, 5) is 0. The second kappa shape index (κ2) is 6.51. The molecular weight excluding hydrogens is 256 g/mol. The highest BCUT2D eigenvalue weighted by Gasteiger charge is 2.16. The summed E-state index contributed by atoms with van der Waals surface area (Å²) in [6.45, 7) is 4.82. The van der Waals surface area contributed by atoms with Gasteiger partial charge in [0.05, 0.1) is 5.69 Å². The summed E-state index contributed by atoms with van der Waals surface area (Å²) in [5.74, 6) is -0.211. The van der Waals surface area contributed by atoms with Crippen molar-refractivity contribution in [1.82, 2.24) is 0 Å². The lowest BCUT2D eigenvalue weighted by Gasteiger charge is -2.22. The molecule has 3 heteroatoms. The maximum Gasteiger partial charge on any atom is 0.146 e. The number of rotatable bonds is 5. The fraction of sp³-hybridized carbons (Fsp3) is 0.294. The van der Waals surface area contributed by atoms with E-state index in [1.54, 1.807) is 0 Å². The van der Waals surface area contributed by atoms with Crippen LogP contribution in [0.2, 0.25) is 0 Å². The zero-order chi connectivity index (χ0) is 14.5. The van der Waals surface area contributed by atoms with Gasteiger partial charge < -0.3 is 5.32 Å². The molecule has 0 fully saturated rings. The number of benzene rings is 2. The van der Waals surface area contributed by atoms with Gasteiger partial charge in [-0.1, -0.05) is 44.2 Å². The number of hydrogen-bond acceptors (Lipinski definition) is 1. The van der Waals surface area contributed by atoms with Crippen LogP contribution in [0, 0.1) is 17.6 Å². The third kappa shape index (κ3) is 3.56. The van der Waals surface area contributed by atoms with E-state index in [1.807, 2.05) is 18.2 Å². The molecule has 0 amide bonds. The first kappa shape index (κ1) is 14.5. The third-order valence-corrected chi connectivity index (χ3v) is 3.47. The van der Waals surface area contributed by atoms with Gasteiger partial charge in [0.15, 0.2) is 0 Å². The van der Waals surface area contributed by atoms with Gasteiger partial charge in [0.1, 0.15) is 11.6 Å². The van der Waals surface area contributed by atoms with E-state index in [0.717, 1.165) is 12.1 Å². The highest BCUT2D eigenvalue weighted by Crippen LogP contribution is 2.25. The fourth-order valence-electron chi connectivity index (χ4n) is 2.29. The van der Waals surface area contributed by atoms with E-state index >= 15 is 0 Å². The lowest BCUT2D eigenvalue weighted by Crippen LogP contribution is -2.18. The zero-order valence-electron chi connectivity index (χ0n) is 11.7. The summed E-state index contributed by atoms with van der Waals surface area (Å²) in [7, 11) is 0. The number of nitrogens with one attached hydrogen (secondary N) is 1. The summed E-state index contributed by atoms with van der Waals surface area (Å²) in [6, 6.07) is 13.5. The molecule has 0 aliphatic carbocycles. The lowest BCUT2D eigenvalue weighted by molar-refractivity contribution is 0.515. The van der Waals surface area contributed by atoms with Crippen molar-refractivity contribution >= 4 is 5.69 Å². The molecule has 0 saturated carbocycles. The van der Waals surface area contributed by atoms with Gasteiger partial charge in [-0.2, -0.15) is 0 Å². The Labute approximate surface area is 118 Å². The summed E-state index contributed by atoms with van der Waals surface area (Å²) in [6.07, 6.45) is 0. The van der Waals surface area contributed by atoms with Gasteiger partial charge in [-0.3, -0.25) is 0 Å². The van der Waals surface area contributed by atoms with Crippen LogP contribution in [0.4, 0.5) is 14.5 Å². The van der Waals surface area contributed by atoms with Crippen LogP contribution in [0.5, 0.6) is 0 Å². The number of anilines is 1. The highest BCUT2D eigenvalue weighted by molar-refractivity contribution is 5.45. The van der Waals surface area contributed by atoms with Gasteiger partial charge in [0, 0.05) is 12.5 Å². The second-order valence-electron chi connectivity index (χ2n) is 5.27. The Morgan fingerprint density at radius 1 is 1.00 bits per heavy atom. The molecule has 0 spiro atoms. The average Bonchev–Trinajstić information content (AvgIpc) is 2.43. The first-order chi connectivity index (χ1) is 9.58. The van der Waals surface area contributed by atoms with E-state index < -0.39 is 11.6 Å². The maximum atomic E-state index is 13.6. The average molecular weight is 275 g/mol. The zero-order valence-corrected chi connectivity index (χ0v) is 11.7. The van der Waals surface area contributed by atoms with E-state index in [4.69, 9.17) is 0 Å². The van der Waals surface area contributed by atoms with Crippen LogP contribution in [-0.4, -0.2) is 6.54 Å². The summed E-state index contributed by atoms with van der Waals surface area (Å²) in [5.41, 5.74) is 1.42. The van der Waals surface area contributed by atoms with Gasteiger partial charge >= 0.3 is 0 Å². The van der Waals surface area contributed by atoms with Gasteiger partial charge in [-0.25, -0.2) is 8.78 Å². The Morgan fingerprint density at radius 3 is 2.35 bits per heavy atom. The SMILES string of the molecule is CC(C)C(CNc1cc(F)ccc1F)c1ccccc1. The predicted octanol–water partition coefficient (Wildman–Crippen LogP) is 4.82. The number of halogens is 2. The Morgan fingerprint density at radius 2 is 1.70 bits per heavy atom. The van der Waals surface area contributed by atoms with Crippen molar-refractivity contribution in [1.29, 1.82) is 0 Å². The van der Waals surface area contributed by atoms with Crippen molar-refractivity contribution < 1.29 is 8.78 Å². The largest absolute Gasteiger partial charge is 0.382 e. The van der Waals surface area contributed by atoms with Crippen molar-refractivity contribution in [3.8, 4) is 0 Å². The Bertz CT molecular complexity index is 552. The van der Waals surface area contributed by atoms with Gasteiger partial charge in [-0.15, -0.1) is 0 Å². The molecule has 1 N–H and O–H groups in total. The molecule has 2 aromatic carbocycles. The van der Waals surface area contributed by atoms with Crippen molar-refractivity contribution in [2.24, 2.45) is 5.92 Å². The summed E-state index contributed by atoms with van der Waals surface area (Å²) < 4.78 is 26.7. The molecule has 106 valence electrons. The quantitative estimate of drug-likeness (QED) is 0.825. The minimum absolute atomic E-state index is 0.214. The molecule has 1 nitrogen and oxygen atoms in total. The molecule has 2 aromatic rings. The third-order valence-electron chi connectivity index (χ3n) is 3.47. The predicted molar refractivity (Wildman–Crippen MR) is 78.9 cm³/mol. The lowest BCUT2D eigenvalue weighted by atomic mass is 9.88. The smallest absolute Gasteiger partial charge is 0.146 e. The van der Waals surface area contributed by atoms with Crippen molar-refractivity contribution in [3.05, 3.63) is 65.7 Å². The number of hydrogen-bond donors (Lipinski definition) is 1. The minimum Gasteiger partial charge on any atom is -0.382 e. The maximum absolute atomic E-state index is 13.6. The van der Waals surface area contributed by atoms with Crippen LogP contribution in [-0.2, 0) is 0 Å². The van der Waals surface area contributed by atoms with E-state index in [1.165, 1.54) is 11.6 Å². The molecule has 0 aliphatic heterocycles. The Balaban J connectivity index is 2.12. The van der Waals surface area contributed by atoms with Crippen LogP contribution < -0.4 is 5.32 Å². The Hall–Kier alpha value is -1.90. The van der Waals surface area contributed by atoms with Crippen molar-refractivity contribution in [3.63, 3.8) is 0 Å². The van der Waals surface area contributed by atoms with Gasteiger partial charge in [-0.05, 0) is 29.7 Å². The van der Waals surface area contributed by atoms with Crippen LogP contribution in [0.1, 0.15) is 25.3 Å². The first-order valence-corrected chi connectivity index (χ1v) is 6.82. The monoisotopic (exact) mass is 275 g/mol. The van der Waals surface area contributed by atoms with Gasteiger partial charge in [0.2, 0.25) is 0 Å². The van der Waals surface area contributed by atoms with Crippen LogP contribution >= 0.6 is 0 Å². The molecule has 0 aromatic heterocycles. The highest BCUT2D eigenvalue weighted by atomic mass is 19.1. The molecule has 0 aliphatic rings. The molecule has 20 heavy (non-hydrogen) atoms. The molecule has 1 atom stereocenters. The van der Waals surface area contributed by atoms with Crippen molar-refractivity contribution in [2.45, 2.75) is 19.8 Å². The topological polar surface area (TPSA) is 12.0 Å². The molecule has 2 rings (SSSR count). The van der Waals surface area contributed by atoms with E-state index in [0.29, 0.717) is 12.5 Å². The second-order valence-corrected chi connectivity index (χ2v) is 5.27. The Kier molecular flexibility index (Phi) is 4.72. The summed E-state index contributed by atoms with van der Waals surface area (Å²) in [5, 5.41) is 3.02. The van der Waals surface area contributed by atoms with E-state index in [2.05, 4.69) is 31.3 Å². The van der Waals surface area contributed by atoms with Crippen LogP contribution in [0.25, 0.3) is 0 Å². The van der Waals surface area contributed by atoms with Gasteiger partial charge in [0.25, 0.3) is 0 Å². The first-order valence-electron chi connectivity index (χ1n) is 6.82. The molecule has 0 bridgehead atoms. The minimum atomic E-state index is -0.435. The molecular formula is C17H19F2N.